The maximum atomic E-state index is 11.6. The largest absolute Gasteiger partial charge is 0.476 e. The molecule has 100 valence electrons. The third-order valence-electron chi connectivity index (χ3n) is 2.34. The molecule has 0 saturated carbocycles. The van der Waals surface area contributed by atoms with Crippen LogP contribution >= 0.6 is 0 Å². The molecule has 7 heteroatoms. The van der Waals surface area contributed by atoms with Gasteiger partial charge in [0.25, 0.3) is 0 Å². The van der Waals surface area contributed by atoms with E-state index in [9.17, 15) is 4.79 Å². The zero-order valence-electron chi connectivity index (χ0n) is 11.2. The predicted molar refractivity (Wildman–Crippen MR) is 69.6 cm³/mol. The number of aromatic nitrogens is 2. The lowest BCUT2D eigenvalue weighted by molar-refractivity contribution is -0.127. The Balaban J connectivity index is 2.88. The van der Waals surface area contributed by atoms with Gasteiger partial charge in [0.15, 0.2) is 5.82 Å². The quantitative estimate of drug-likeness (QED) is 0.794. The summed E-state index contributed by atoms with van der Waals surface area (Å²) in [5.74, 6) is 0.795. The van der Waals surface area contributed by atoms with Crippen LogP contribution in [0.1, 0.15) is 6.92 Å². The number of nitrogen functional groups attached to an aromatic ring is 1. The molecule has 0 fully saturated rings. The van der Waals surface area contributed by atoms with Crippen molar-refractivity contribution in [2.24, 2.45) is 0 Å². The number of nitrogens with two attached hydrogens (primary N) is 1. The molecular weight excluding hydrogens is 234 g/mol. The lowest BCUT2D eigenvalue weighted by Crippen LogP contribution is -2.35. The van der Waals surface area contributed by atoms with Gasteiger partial charge in [-0.1, -0.05) is 0 Å². The molecule has 0 unspecified atom stereocenters. The van der Waals surface area contributed by atoms with Crippen LogP contribution in [-0.2, 0) is 4.79 Å². The van der Waals surface area contributed by atoms with Gasteiger partial charge in [0.05, 0.1) is 13.2 Å². The van der Waals surface area contributed by atoms with Gasteiger partial charge < -0.3 is 20.3 Å². The van der Waals surface area contributed by atoms with Gasteiger partial charge in [-0.15, -0.1) is 0 Å². The number of nitrogens with zero attached hydrogens (tertiary/aromatic N) is 4. The molecule has 18 heavy (non-hydrogen) atoms. The van der Waals surface area contributed by atoms with E-state index in [-0.39, 0.29) is 12.5 Å². The molecule has 2 N–H and O–H groups in total. The molecule has 0 aromatic carbocycles. The highest BCUT2D eigenvalue weighted by atomic mass is 16.5. The Labute approximate surface area is 107 Å². The first kappa shape index (κ1) is 14.0. The fourth-order valence-electron chi connectivity index (χ4n) is 1.35. The van der Waals surface area contributed by atoms with E-state index in [4.69, 9.17) is 10.5 Å². The van der Waals surface area contributed by atoms with Crippen LogP contribution in [0.3, 0.4) is 0 Å². The van der Waals surface area contributed by atoms with Crippen molar-refractivity contribution in [2.45, 2.75) is 6.92 Å². The molecule has 0 aliphatic carbocycles. The van der Waals surface area contributed by atoms with Gasteiger partial charge in [-0.2, -0.15) is 4.98 Å². The Bertz CT molecular complexity index is 422. The van der Waals surface area contributed by atoms with Gasteiger partial charge in [-0.25, -0.2) is 4.98 Å². The minimum absolute atomic E-state index is 0.0338. The molecule has 0 bridgehead atoms. The number of hydrogen-bond acceptors (Lipinski definition) is 6. The Morgan fingerprint density at radius 1 is 1.39 bits per heavy atom. The molecule has 0 aliphatic rings. The lowest BCUT2D eigenvalue weighted by Gasteiger charge is -2.21. The molecule has 1 aromatic rings. The van der Waals surface area contributed by atoms with E-state index in [2.05, 4.69) is 9.97 Å². The summed E-state index contributed by atoms with van der Waals surface area (Å²) in [5, 5.41) is 0. The first-order valence-corrected chi connectivity index (χ1v) is 5.61. The van der Waals surface area contributed by atoms with Crippen LogP contribution in [0.25, 0.3) is 0 Å². The molecular formula is C11H19N5O2. The van der Waals surface area contributed by atoms with E-state index in [0.29, 0.717) is 24.0 Å². The van der Waals surface area contributed by atoms with Crippen molar-refractivity contribution < 1.29 is 9.53 Å². The van der Waals surface area contributed by atoms with Crippen LogP contribution in [-0.4, -0.2) is 55.1 Å². The third-order valence-corrected chi connectivity index (χ3v) is 2.34. The van der Waals surface area contributed by atoms with Crippen molar-refractivity contribution in [1.82, 2.24) is 14.9 Å². The van der Waals surface area contributed by atoms with Crippen LogP contribution < -0.4 is 15.4 Å². The van der Waals surface area contributed by atoms with Gasteiger partial charge in [0.2, 0.25) is 11.8 Å². The minimum Gasteiger partial charge on any atom is -0.476 e. The fraction of sp³-hybridized carbons (Fsp3) is 0.545. The SMILES string of the molecule is CCOc1ncnc(N(C)CC(=O)N(C)C)c1N. The maximum absolute atomic E-state index is 11.6. The highest BCUT2D eigenvalue weighted by molar-refractivity contribution is 5.82. The molecule has 1 heterocycles. The van der Waals surface area contributed by atoms with Crippen molar-refractivity contribution in [3.63, 3.8) is 0 Å². The summed E-state index contributed by atoms with van der Waals surface area (Å²) < 4.78 is 5.28. The van der Waals surface area contributed by atoms with E-state index in [1.807, 2.05) is 6.92 Å². The molecule has 1 amide bonds. The molecule has 1 rings (SSSR count). The lowest BCUT2D eigenvalue weighted by atomic mass is 10.4. The summed E-state index contributed by atoms with van der Waals surface area (Å²) in [6.07, 6.45) is 1.37. The third kappa shape index (κ3) is 3.22. The summed E-state index contributed by atoms with van der Waals surface area (Å²) in [7, 11) is 5.14. The number of rotatable bonds is 5. The average molecular weight is 253 g/mol. The van der Waals surface area contributed by atoms with Crippen LogP contribution in [0.4, 0.5) is 11.5 Å². The highest BCUT2D eigenvalue weighted by Crippen LogP contribution is 2.26. The van der Waals surface area contributed by atoms with Crippen LogP contribution in [0.2, 0.25) is 0 Å². The summed E-state index contributed by atoms with van der Waals surface area (Å²) >= 11 is 0. The number of amides is 1. The highest BCUT2D eigenvalue weighted by Gasteiger charge is 2.16. The van der Waals surface area contributed by atoms with Crippen molar-refractivity contribution >= 4 is 17.4 Å². The van der Waals surface area contributed by atoms with E-state index in [0.717, 1.165) is 0 Å². The number of ether oxygens (including phenoxy) is 1. The number of likely N-dealkylation sites (N-methyl/N-ethyl adjacent to an activating group) is 2. The maximum Gasteiger partial charge on any atom is 0.242 e. The number of hydrogen-bond donors (Lipinski definition) is 1. The van der Waals surface area contributed by atoms with E-state index < -0.39 is 0 Å². The number of carbonyl (C=O) groups is 1. The summed E-state index contributed by atoms with van der Waals surface area (Å²) in [6.45, 7) is 2.52. The fourth-order valence-corrected chi connectivity index (χ4v) is 1.35. The Kier molecular flexibility index (Phi) is 4.70. The first-order chi connectivity index (χ1) is 8.47. The van der Waals surface area contributed by atoms with E-state index in [1.54, 1.807) is 26.0 Å². The smallest absolute Gasteiger partial charge is 0.242 e. The van der Waals surface area contributed by atoms with Crippen molar-refractivity contribution in [3.8, 4) is 5.88 Å². The first-order valence-electron chi connectivity index (χ1n) is 5.61. The topological polar surface area (TPSA) is 84.6 Å². The summed E-state index contributed by atoms with van der Waals surface area (Å²) in [4.78, 5) is 22.8. The molecule has 0 atom stereocenters. The van der Waals surface area contributed by atoms with Gasteiger partial charge in [0.1, 0.15) is 12.0 Å². The van der Waals surface area contributed by atoms with E-state index in [1.165, 1.54) is 11.2 Å². The van der Waals surface area contributed by atoms with E-state index >= 15 is 0 Å². The minimum atomic E-state index is -0.0338. The Morgan fingerprint density at radius 2 is 2.06 bits per heavy atom. The van der Waals surface area contributed by atoms with Crippen LogP contribution in [0.15, 0.2) is 6.33 Å². The molecule has 0 saturated heterocycles. The molecule has 0 radical (unpaired) electrons. The van der Waals surface area contributed by atoms with Crippen LogP contribution in [0, 0.1) is 0 Å². The predicted octanol–water partition coefficient (Wildman–Crippen LogP) is -0.0181. The van der Waals surface area contributed by atoms with Gasteiger partial charge in [-0.3, -0.25) is 4.79 Å². The molecule has 0 aliphatic heterocycles. The molecule has 0 spiro atoms. The van der Waals surface area contributed by atoms with Crippen molar-refractivity contribution in [1.29, 1.82) is 0 Å². The zero-order valence-corrected chi connectivity index (χ0v) is 11.2. The normalized spacial score (nSPS) is 10.0. The Hall–Kier alpha value is -2.05. The zero-order chi connectivity index (χ0) is 13.7. The Morgan fingerprint density at radius 3 is 2.61 bits per heavy atom. The molecule has 7 nitrogen and oxygen atoms in total. The standard InChI is InChI=1S/C11H19N5O2/c1-5-18-11-9(12)10(13-7-14-11)16(4)6-8(17)15(2)3/h7H,5-6,12H2,1-4H3. The monoisotopic (exact) mass is 253 g/mol. The second kappa shape index (κ2) is 6.04. The van der Waals surface area contributed by atoms with Gasteiger partial charge >= 0.3 is 0 Å². The second-order valence-corrected chi connectivity index (χ2v) is 3.99. The van der Waals surface area contributed by atoms with Crippen molar-refractivity contribution in [2.75, 3.05) is 44.9 Å². The number of carbonyl (C=O) groups excluding carboxylic acids is 1. The van der Waals surface area contributed by atoms with Gasteiger partial charge in [0, 0.05) is 21.1 Å². The van der Waals surface area contributed by atoms with Crippen molar-refractivity contribution in [3.05, 3.63) is 6.33 Å². The summed E-state index contributed by atoms with van der Waals surface area (Å²) in [5.41, 5.74) is 6.25. The number of anilines is 2. The van der Waals surface area contributed by atoms with Crippen LogP contribution in [0.5, 0.6) is 5.88 Å². The van der Waals surface area contributed by atoms with Gasteiger partial charge in [-0.05, 0) is 6.92 Å². The second-order valence-electron chi connectivity index (χ2n) is 3.99. The average Bonchev–Trinajstić information content (AvgIpc) is 2.31. The summed E-state index contributed by atoms with van der Waals surface area (Å²) in [6, 6.07) is 0. The molecule has 1 aromatic heterocycles.